The van der Waals surface area contributed by atoms with Crippen molar-refractivity contribution >= 4 is 12.0 Å². The summed E-state index contributed by atoms with van der Waals surface area (Å²) in [4.78, 5) is 10.4. The molecule has 0 amide bonds. The predicted octanol–water partition coefficient (Wildman–Crippen LogP) is 1.95. The second kappa shape index (κ2) is 7.60. The number of hydrogen-bond acceptors (Lipinski definition) is 3. The van der Waals surface area contributed by atoms with Gasteiger partial charge in [0.15, 0.2) is 0 Å². The Kier molecular flexibility index (Phi) is 5.99. The summed E-state index contributed by atoms with van der Waals surface area (Å²) in [5.41, 5.74) is 1.86. The monoisotopic (exact) mass is 236 g/mol. The van der Waals surface area contributed by atoms with Gasteiger partial charge in [0.25, 0.3) is 0 Å². The highest BCUT2D eigenvalue weighted by atomic mass is 16.5. The first-order valence-corrected chi connectivity index (χ1v) is 5.29. The third-order valence-corrected chi connectivity index (χ3v) is 2.07. The van der Waals surface area contributed by atoms with Gasteiger partial charge in [-0.3, -0.25) is 0 Å². The number of hydrogen-bond donors (Lipinski definition) is 1. The number of methoxy groups -OCH3 is 1. The summed E-state index contributed by atoms with van der Waals surface area (Å²) in [6, 6.07) is 7.55. The van der Waals surface area contributed by atoms with Crippen LogP contribution in [0.3, 0.4) is 0 Å². The van der Waals surface area contributed by atoms with Crippen molar-refractivity contribution < 1.29 is 19.4 Å². The summed E-state index contributed by atoms with van der Waals surface area (Å²) in [6.07, 6.45) is 2.67. The van der Waals surface area contributed by atoms with Crippen molar-refractivity contribution in [1.82, 2.24) is 0 Å². The second-order valence-electron chi connectivity index (χ2n) is 3.46. The molecule has 0 aliphatic rings. The van der Waals surface area contributed by atoms with Gasteiger partial charge in [-0.05, 0) is 23.3 Å². The zero-order valence-electron chi connectivity index (χ0n) is 9.76. The van der Waals surface area contributed by atoms with Gasteiger partial charge in [-0.15, -0.1) is 0 Å². The number of aliphatic carboxylic acids is 1. The summed E-state index contributed by atoms with van der Waals surface area (Å²) in [5, 5.41) is 8.52. The van der Waals surface area contributed by atoms with Gasteiger partial charge in [-0.25, -0.2) is 4.79 Å². The first kappa shape index (κ1) is 13.4. The van der Waals surface area contributed by atoms with E-state index in [1.54, 1.807) is 13.2 Å². The average molecular weight is 236 g/mol. The van der Waals surface area contributed by atoms with Crippen LogP contribution in [0, 0.1) is 0 Å². The Morgan fingerprint density at radius 2 is 2.24 bits per heavy atom. The highest BCUT2D eigenvalue weighted by Gasteiger charge is 1.95. The molecule has 0 heterocycles. The van der Waals surface area contributed by atoms with E-state index in [2.05, 4.69) is 0 Å². The van der Waals surface area contributed by atoms with Gasteiger partial charge in [0.1, 0.15) is 0 Å². The Labute approximate surface area is 100 Å². The SMILES string of the molecule is COCCOCc1cccc(/C=C/C(=O)O)c1. The van der Waals surface area contributed by atoms with Gasteiger partial charge in [0, 0.05) is 13.2 Å². The first-order chi connectivity index (χ1) is 8.22. The lowest BCUT2D eigenvalue weighted by Crippen LogP contribution is -2.01. The highest BCUT2D eigenvalue weighted by Crippen LogP contribution is 2.08. The maximum absolute atomic E-state index is 10.4. The summed E-state index contributed by atoms with van der Waals surface area (Å²) >= 11 is 0. The van der Waals surface area contributed by atoms with Crippen LogP contribution in [0.5, 0.6) is 0 Å². The average Bonchev–Trinajstić information content (AvgIpc) is 2.33. The molecule has 0 fully saturated rings. The molecule has 4 heteroatoms. The van der Waals surface area contributed by atoms with Crippen LogP contribution >= 0.6 is 0 Å². The van der Waals surface area contributed by atoms with Crippen LogP contribution < -0.4 is 0 Å². The van der Waals surface area contributed by atoms with Gasteiger partial charge in [0.2, 0.25) is 0 Å². The van der Waals surface area contributed by atoms with E-state index in [1.165, 1.54) is 0 Å². The zero-order chi connectivity index (χ0) is 12.5. The Morgan fingerprint density at radius 3 is 2.94 bits per heavy atom. The van der Waals surface area contributed by atoms with E-state index in [0.717, 1.165) is 17.2 Å². The van der Waals surface area contributed by atoms with Gasteiger partial charge >= 0.3 is 5.97 Å². The van der Waals surface area contributed by atoms with Crippen molar-refractivity contribution in [3.63, 3.8) is 0 Å². The quantitative estimate of drug-likeness (QED) is 0.580. The van der Waals surface area contributed by atoms with E-state index >= 15 is 0 Å². The lowest BCUT2D eigenvalue weighted by atomic mass is 10.1. The Hall–Kier alpha value is -1.65. The number of rotatable bonds is 7. The molecule has 1 aromatic rings. The van der Waals surface area contributed by atoms with Crippen molar-refractivity contribution in [2.24, 2.45) is 0 Å². The van der Waals surface area contributed by atoms with Crippen LogP contribution in [-0.2, 0) is 20.9 Å². The molecule has 0 bridgehead atoms. The normalized spacial score (nSPS) is 10.9. The lowest BCUT2D eigenvalue weighted by Gasteiger charge is -2.04. The maximum Gasteiger partial charge on any atom is 0.328 e. The Bertz CT molecular complexity index is 385. The summed E-state index contributed by atoms with van der Waals surface area (Å²) in [6.45, 7) is 1.61. The largest absolute Gasteiger partial charge is 0.478 e. The molecule has 0 aliphatic carbocycles. The molecule has 1 aromatic carbocycles. The van der Waals surface area contributed by atoms with Crippen LogP contribution in [-0.4, -0.2) is 31.4 Å². The van der Waals surface area contributed by atoms with E-state index in [4.69, 9.17) is 14.6 Å². The van der Waals surface area contributed by atoms with Crippen LogP contribution in [0.1, 0.15) is 11.1 Å². The van der Waals surface area contributed by atoms with Gasteiger partial charge in [-0.2, -0.15) is 0 Å². The minimum Gasteiger partial charge on any atom is -0.478 e. The molecular formula is C13H16O4. The van der Waals surface area contributed by atoms with Crippen molar-refractivity contribution in [2.75, 3.05) is 20.3 Å². The van der Waals surface area contributed by atoms with Crippen molar-refractivity contribution in [3.05, 3.63) is 41.5 Å². The van der Waals surface area contributed by atoms with Crippen molar-refractivity contribution in [3.8, 4) is 0 Å². The fraction of sp³-hybridized carbons (Fsp3) is 0.308. The van der Waals surface area contributed by atoms with E-state index < -0.39 is 5.97 Å². The molecule has 0 aliphatic heterocycles. The van der Waals surface area contributed by atoms with Crippen molar-refractivity contribution in [1.29, 1.82) is 0 Å². The molecule has 92 valence electrons. The minimum atomic E-state index is -0.952. The third kappa shape index (κ3) is 5.85. The molecule has 0 atom stereocenters. The van der Waals surface area contributed by atoms with Crippen LogP contribution in [0.15, 0.2) is 30.3 Å². The fourth-order valence-electron chi connectivity index (χ4n) is 1.29. The van der Waals surface area contributed by atoms with E-state index in [-0.39, 0.29) is 0 Å². The Morgan fingerprint density at radius 1 is 1.41 bits per heavy atom. The predicted molar refractivity (Wildman–Crippen MR) is 64.6 cm³/mol. The molecule has 1 rings (SSSR count). The molecule has 17 heavy (non-hydrogen) atoms. The molecule has 0 saturated heterocycles. The van der Waals surface area contributed by atoms with Gasteiger partial charge in [0.05, 0.1) is 19.8 Å². The van der Waals surface area contributed by atoms with Crippen LogP contribution in [0.2, 0.25) is 0 Å². The second-order valence-corrected chi connectivity index (χ2v) is 3.46. The number of carboxylic acid groups (broad SMARTS) is 1. The van der Waals surface area contributed by atoms with Crippen LogP contribution in [0.25, 0.3) is 6.08 Å². The Balaban J connectivity index is 2.50. The smallest absolute Gasteiger partial charge is 0.328 e. The molecular weight excluding hydrogens is 220 g/mol. The summed E-state index contributed by atoms with van der Waals surface area (Å²) < 4.78 is 10.2. The summed E-state index contributed by atoms with van der Waals surface area (Å²) in [5.74, 6) is -0.952. The van der Waals surface area contributed by atoms with Crippen molar-refractivity contribution in [2.45, 2.75) is 6.61 Å². The maximum atomic E-state index is 10.4. The molecule has 0 unspecified atom stereocenters. The molecule has 0 saturated carbocycles. The summed E-state index contributed by atoms with van der Waals surface area (Å²) in [7, 11) is 1.63. The van der Waals surface area contributed by atoms with E-state index in [1.807, 2.05) is 24.3 Å². The molecule has 0 spiro atoms. The van der Waals surface area contributed by atoms with Gasteiger partial charge < -0.3 is 14.6 Å². The topological polar surface area (TPSA) is 55.8 Å². The van der Waals surface area contributed by atoms with Crippen LogP contribution in [0.4, 0.5) is 0 Å². The number of ether oxygens (including phenoxy) is 2. The van der Waals surface area contributed by atoms with E-state index in [9.17, 15) is 4.79 Å². The molecule has 0 aromatic heterocycles. The zero-order valence-corrected chi connectivity index (χ0v) is 9.76. The highest BCUT2D eigenvalue weighted by molar-refractivity contribution is 5.85. The van der Waals surface area contributed by atoms with E-state index in [0.29, 0.717) is 19.8 Å². The van der Waals surface area contributed by atoms with Gasteiger partial charge in [-0.1, -0.05) is 18.2 Å². The molecule has 0 radical (unpaired) electrons. The third-order valence-electron chi connectivity index (χ3n) is 2.07. The number of carboxylic acids is 1. The number of carbonyl (C=O) groups is 1. The standard InChI is InChI=1S/C13H16O4/c1-16-7-8-17-10-12-4-2-3-11(9-12)5-6-13(14)15/h2-6,9H,7-8,10H2,1H3,(H,14,15)/b6-5+. The molecule has 1 N–H and O–H groups in total. The first-order valence-electron chi connectivity index (χ1n) is 5.29. The number of benzene rings is 1. The molecule has 4 nitrogen and oxygen atoms in total. The minimum absolute atomic E-state index is 0.498. The lowest BCUT2D eigenvalue weighted by molar-refractivity contribution is -0.131. The fourth-order valence-corrected chi connectivity index (χ4v) is 1.29.